The monoisotopic (exact) mass is 309 g/mol. The largest absolute Gasteiger partial charge is 0.326 e. The summed E-state index contributed by atoms with van der Waals surface area (Å²) >= 11 is 0. The Labute approximate surface area is 137 Å². The van der Waals surface area contributed by atoms with Gasteiger partial charge in [0.05, 0.1) is 0 Å². The first-order valence-corrected chi connectivity index (χ1v) is 8.30. The Morgan fingerprint density at radius 1 is 1.13 bits per heavy atom. The summed E-state index contributed by atoms with van der Waals surface area (Å²) in [5.41, 5.74) is 3.24. The van der Waals surface area contributed by atoms with Crippen molar-refractivity contribution >= 4 is 11.6 Å². The van der Waals surface area contributed by atoms with Gasteiger partial charge >= 0.3 is 0 Å². The van der Waals surface area contributed by atoms with E-state index in [-0.39, 0.29) is 5.91 Å². The molecule has 0 radical (unpaired) electrons. The molecule has 0 atom stereocenters. The molecule has 2 aromatic rings. The first-order valence-electron chi connectivity index (χ1n) is 8.30. The minimum absolute atomic E-state index is 0.0483. The number of rotatable bonds is 6. The maximum atomic E-state index is 12.1. The summed E-state index contributed by atoms with van der Waals surface area (Å²) in [6, 6.07) is 12.1. The van der Waals surface area contributed by atoms with E-state index in [1.165, 1.54) is 31.5 Å². The lowest BCUT2D eigenvalue weighted by molar-refractivity contribution is -0.116. The van der Waals surface area contributed by atoms with E-state index in [2.05, 4.69) is 27.3 Å². The number of aryl methyl sites for hydroxylation is 1. The second-order valence-corrected chi connectivity index (χ2v) is 6.09. The van der Waals surface area contributed by atoms with E-state index in [9.17, 15) is 4.79 Å². The van der Waals surface area contributed by atoms with Crippen molar-refractivity contribution in [2.75, 3.05) is 18.4 Å². The summed E-state index contributed by atoms with van der Waals surface area (Å²) in [6.45, 7) is 3.34. The van der Waals surface area contributed by atoms with Crippen LogP contribution in [0.15, 0.2) is 48.8 Å². The number of pyridine rings is 1. The van der Waals surface area contributed by atoms with Crippen LogP contribution in [-0.4, -0.2) is 28.9 Å². The fourth-order valence-corrected chi connectivity index (χ4v) is 2.97. The van der Waals surface area contributed by atoms with Gasteiger partial charge in [0.1, 0.15) is 0 Å². The molecular weight excluding hydrogens is 286 g/mol. The number of aromatic nitrogens is 1. The molecule has 4 heteroatoms. The number of benzene rings is 1. The first kappa shape index (κ1) is 15.7. The molecule has 0 aliphatic carbocycles. The van der Waals surface area contributed by atoms with Crippen molar-refractivity contribution in [2.24, 2.45) is 0 Å². The Morgan fingerprint density at radius 2 is 1.96 bits per heavy atom. The van der Waals surface area contributed by atoms with E-state index in [0.29, 0.717) is 12.8 Å². The molecule has 120 valence electrons. The van der Waals surface area contributed by atoms with Gasteiger partial charge in [0.2, 0.25) is 5.91 Å². The van der Waals surface area contributed by atoms with Gasteiger partial charge in [0.25, 0.3) is 0 Å². The van der Waals surface area contributed by atoms with Gasteiger partial charge in [-0.2, -0.15) is 0 Å². The van der Waals surface area contributed by atoms with Crippen LogP contribution in [0.4, 0.5) is 5.69 Å². The number of hydrogen-bond donors (Lipinski definition) is 1. The molecule has 1 N–H and O–H groups in total. The summed E-state index contributed by atoms with van der Waals surface area (Å²) in [5.74, 6) is 0.0483. The summed E-state index contributed by atoms with van der Waals surface area (Å²) in [7, 11) is 0. The van der Waals surface area contributed by atoms with Gasteiger partial charge in [0.15, 0.2) is 0 Å². The zero-order valence-corrected chi connectivity index (χ0v) is 13.4. The highest BCUT2D eigenvalue weighted by molar-refractivity contribution is 5.90. The van der Waals surface area contributed by atoms with Crippen molar-refractivity contribution in [2.45, 2.75) is 32.2 Å². The molecular formula is C19H23N3O. The summed E-state index contributed by atoms with van der Waals surface area (Å²) in [6.07, 6.45) is 7.34. The van der Waals surface area contributed by atoms with E-state index < -0.39 is 0 Å². The molecule has 23 heavy (non-hydrogen) atoms. The number of carbonyl (C=O) groups excluding carboxylic acids is 1. The average molecular weight is 309 g/mol. The highest BCUT2D eigenvalue weighted by atomic mass is 16.1. The van der Waals surface area contributed by atoms with Gasteiger partial charge in [-0.25, -0.2) is 0 Å². The molecule has 1 aliphatic heterocycles. The van der Waals surface area contributed by atoms with Crippen LogP contribution >= 0.6 is 0 Å². The third-order valence-electron chi connectivity index (χ3n) is 4.18. The fourth-order valence-electron chi connectivity index (χ4n) is 2.97. The molecule has 1 aromatic heterocycles. The van der Waals surface area contributed by atoms with E-state index in [4.69, 9.17) is 0 Å². The maximum absolute atomic E-state index is 12.1. The van der Waals surface area contributed by atoms with Crippen LogP contribution in [0.5, 0.6) is 0 Å². The Kier molecular flexibility index (Phi) is 5.37. The quantitative estimate of drug-likeness (QED) is 0.891. The lowest BCUT2D eigenvalue weighted by atomic mass is 10.1. The zero-order chi connectivity index (χ0) is 15.9. The van der Waals surface area contributed by atoms with Crippen molar-refractivity contribution in [1.29, 1.82) is 0 Å². The van der Waals surface area contributed by atoms with E-state index in [1.807, 2.05) is 30.5 Å². The van der Waals surface area contributed by atoms with Gasteiger partial charge < -0.3 is 5.32 Å². The van der Waals surface area contributed by atoms with Gasteiger partial charge in [-0.15, -0.1) is 0 Å². The molecule has 2 heterocycles. The summed E-state index contributed by atoms with van der Waals surface area (Å²) in [4.78, 5) is 18.6. The number of likely N-dealkylation sites (tertiary alicyclic amines) is 1. The van der Waals surface area contributed by atoms with E-state index in [1.54, 1.807) is 6.20 Å². The Hall–Kier alpha value is -2.20. The number of anilines is 1. The van der Waals surface area contributed by atoms with Gasteiger partial charge in [-0.3, -0.25) is 14.7 Å². The van der Waals surface area contributed by atoms with Crippen molar-refractivity contribution in [3.05, 3.63) is 59.9 Å². The minimum Gasteiger partial charge on any atom is -0.326 e. The zero-order valence-electron chi connectivity index (χ0n) is 13.4. The van der Waals surface area contributed by atoms with Crippen LogP contribution in [0, 0.1) is 0 Å². The second-order valence-electron chi connectivity index (χ2n) is 6.09. The highest BCUT2D eigenvalue weighted by Crippen LogP contribution is 2.16. The molecule has 0 bridgehead atoms. The number of hydrogen-bond acceptors (Lipinski definition) is 3. The number of amides is 1. The average Bonchev–Trinajstić information content (AvgIpc) is 3.07. The minimum atomic E-state index is 0.0483. The second kappa shape index (κ2) is 7.88. The molecule has 1 fully saturated rings. The van der Waals surface area contributed by atoms with Crippen molar-refractivity contribution in [3.8, 4) is 0 Å². The van der Waals surface area contributed by atoms with Crippen molar-refractivity contribution in [1.82, 2.24) is 9.88 Å². The number of nitrogens with one attached hydrogen (secondary N) is 1. The van der Waals surface area contributed by atoms with Crippen LogP contribution in [0.2, 0.25) is 0 Å². The third kappa shape index (κ3) is 4.89. The first-order chi connectivity index (χ1) is 11.3. The Morgan fingerprint density at radius 3 is 2.74 bits per heavy atom. The molecule has 1 aromatic carbocycles. The fraction of sp³-hybridized carbons (Fsp3) is 0.368. The molecule has 3 rings (SSSR count). The predicted octanol–water partition coefficient (Wildman–Crippen LogP) is 3.25. The Bertz CT molecular complexity index is 636. The third-order valence-corrected chi connectivity index (χ3v) is 4.18. The number of nitrogens with zero attached hydrogens (tertiary/aromatic N) is 2. The smallest absolute Gasteiger partial charge is 0.224 e. The van der Waals surface area contributed by atoms with Crippen LogP contribution in [0.1, 0.15) is 30.4 Å². The summed E-state index contributed by atoms with van der Waals surface area (Å²) < 4.78 is 0. The van der Waals surface area contributed by atoms with Gasteiger partial charge in [-0.05, 0) is 61.7 Å². The lowest BCUT2D eigenvalue weighted by Gasteiger charge is -2.15. The molecule has 1 aliphatic rings. The normalized spacial score (nSPS) is 14.8. The molecule has 1 amide bonds. The van der Waals surface area contributed by atoms with Crippen LogP contribution in [0.3, 0.4) is 0 Å². The van der Waals surface area contributed by atoms with E-state index >= 15 is 0 Å². The van der Waals surface area contributed by atoms with Crippen molar-refractivity contribution < 1.29 is 4.79 Å². The highest BCUT2D eigenvalue weighted by Gasteiger charge is 2.12. The molecule has 1 saturated heterocycles. The maximum Gasteiger partial charge on any atom is 0.224 e. The Balaban J connectivity index is 1.51. The SMILES string of the molecule is O=C(CCc1cccnc1)Nc1cccc(CN2CCCC2)c1. The van der Waals surface area contributed by atoms with E-state index in [0.717, 1.165) is 17.8 Å². The van der Waals surface area contributed by atoms with Crippen LogP contribution in [0.25, 0.3) is 0 Å². The molecule has 0 unspecified atom stereocenters. The van der Waals surface area contributed by atoms with Crippen LogP contribution in [-0.2, 0) is 17.8 Å². The molecule has 0 spiro atoms. The predicted molar refractivity (Wildman–Crippen MR) is 92.1 cm³/mol. The molecule has 4 nitrogen and oxygen atoms in total. The lowest BCUT2D eigenvalue weighted by Crippen LogP contribution is -2.18. The van der Waals surface area contributed by atoms with Gasteiger partial charge in [-0.1, -0.05) is 18.2 Å². The topological polar surface area (TPSA) is 45.2 Å². The van der Waals surface area contributed by atoms with Crippen molar-refractivity contribution in [3.63, 3.8) is 0 Å². The van der Waals surface area contributed by atoms with Gasteiger partial charge in [0, 0.05) is 31.0 Å². The summed E-state index contributed by atoms with van der Waals surface area (Å²) in [5, 5.41) is 3.00. The molecule has 0 saturated carbocycles. The van der Waals surface area contributed by atoms with Crippen LogP contribution < -0.4 is 5.32 Å². The standard InChI is InChI=1S/C19H23N3O/c23-19(9-8-16-6-4-10-20-14-16)21-18-7-3-5-17(13-18)15-22-11-1-2-12-22/h3-7,10,13-14H,1-2,8-9,11-12,15H2,(H,21,23). The number of carbonyl (C=O) groups is 1.